The number of aryl methyl sites for hydroxylation is 1. The van der Waals surface area contributed by atoms with Gasteiger partial charge in [-0.25, -0.2) is 9.38 Å². The van der Waals surface area contributed by atoms with E-state index in [1.807, 2.05) is 49.4 Å². The first-order valence-corrected chi connectivity index (χ1v) is 11.1. The molecule has 178 valence electrons. The molecule has 0 fully saturated rings. The Morgan fingerprint density at radius 3 is 2.57 bits per heavy atom. The number of benzene rings is 3. The van der Waals surface area contributed by atoms with Gasteiger partial charge in [0.1, 0.15) is 11.5 Å². The van der Waals surface area contributed by atoms with Gasteiger partial charge in [0.15, 0.2) is 11.6 Å². The Balaban J connectivity index is 1.50. The summed E-state index contributed by atoms with van der Waals surface area (Å²) in [4.78, 5) is 20.6. The number of pyridine rings is 1. The predicted octanol–water partition coefficient (Wildman–Crippen LogP) is 5.04. The molecule has 4 aromatic rings. The van der Waals surface area contributed by atoms with Gasteiger partial charge in [-0.15, -0.1) is 0 Å². The molecule has 0 unspecified atom stereocenters. The highest BCUT2D eigenvalue weighted by atomic mass is 19.1. The molecule has 0 aliphatic carbocycles. The highest BCUT2D eigenvalue weighted by Crippen LogP contribution is 2.35. The number of fused-ring (bicyclic) bond motifs is 1. The number of amides is 1. The lowest BCUT2D eigenvalue weighted by Crippen LogP contribution is -2.37. The van der Waals surface area contributed by atoms with Crippen molar-refractivity contribution in [3.63, 3.8) is 0 Å². The summed E-state index contributed by atoms with van der Waals surface area (Å²) >= 11 is 0. The molecule has 0 saturated heterocycles. The molecule has 0 spiro atoms. The van der Waals surface area contributed by atoms with E-state index in [1.54, 1.807) is 25.4 Å². The van der Waals surface area contributed by atoms with Gasteiger partial charge in [0.25, 0.3) is 0 Å². The van der Waals surface area contributed by atoms with Crippen LogP contribution in [0.3, 0.4) is 0 Å². The summed E-state index contributed by atoms with van der Waals surface area (Å²) in [5, 5.41) is 3.26. The van der Waals surface area contributed by atoms with Crippen molar-refractivity contribution in [1.82, 2.24) is 10.3 Å². The van der Waals surface area contributed by atoms with E-state index in [1.165, 1.54) is 12.1 Å². The van der Waals surface area contributed by atoms with Crippen LogP contribution in [0.5, 0.6) is 17.2 Å². The number of aliphatic imine (C=N–C) groups is 1. The van der Waals surface area contributed by atoms with E-state index < -0.39 is 5.82 Å². The van der Waals surface area contributed by atoms with Crippen LogP contribution < -0.4 is 20.5 Å². The molecule has 1 heterocycles. The first kappa shape index (κ1) is 23.7. The number of guanidine groups is 1. The number of hydrogen-bond acceptors (Lipinski definition) is 5. The fourth-order valence-electron chi connectivity index (χ4n) is 3.64. The zero-order chi connectivity index (χ0) is 24.8. The van der Waals surface area contributed by atoms with Crippen LogP contribution >= 0.6 is 0 Å². The molecule has 8 heteroatoms. The molecule has 35 heavy (non-hydrogen) atoms. The molecule has 0 saturated carbocycles. The monoisotopic (exact) mass is 472 g/mol. The summed E-state index contributed by atoms with van der Waals surface area (Å²) < 4.78 is 26.2. The Morgan fingerprint density at radius 1 is 1.06 bits per heavy atom. The average molecular weight is 473 g/mol. The predicted molar refractivity (Wildman–Crippen MR) is 134 cm³/mol. The van der Waals surface area contributed by atoms with Crippen LogP contribution in [0.15, 0.2) is 77.9 Å². The van der Waals surface area contributed by atoms with Gasteiger partial charge in [-0.05, 0) is 41.8 Å². The second-order valence-electron chi connectivity index (χ2n) is 7.77. The van der Waals surface area contributed by atoms with Crippen molar-refractivity contribution in [3.8, 4) is 17.2 Å². The molecule has 1 aromatic heterocycles. The molecule has 7 nitrogen and oxygen atoms in total. The lowest BCUT2D eigenvalue weighted by molar-refractivity contribution is -0.119. The summed E-state index contributed by atoms with van der Waals surface area (Å²) in [6, 6.07) is 18.9. The molecule has 0 radical (unpaired) electrons. The minimum atomic E-state index is -0.621. The summed E-state index contributed by atoms with van der Waals surface area (Å²) in [7, 11) is 1.61. The highest BCUT2D eigenvalue weighted by molar-refractivity contribution is 5.98. The second kappa shape index (κ2) is 10.6. The number of nitrogens with one attached hydrogen (secondary N) is 1. The number of methoxy groups -OCH3 is 1. The maximum Gasteiger partial charge on any atom is 0.231 e. The number of aromatic nitrogens is 1. The van der Waals surface area contributed by atoms with E-state index in [-0.39, 0.29) is 29.7 Å². The van der Waals surface area contributed by atoms with Crippen LogP contribution in [0.1, 0.15) is 18.1 Å². The van der Waals surface area contributed by atoms with Crippen molar-refractivity contribution in [1.29, 1.82) is 0 Å². The average Bonchev–Trinajstić information content (AvgIpc) is 2.85. The van der Waals surface area contributed by atoms with Gasteiger partial charge >= 0.3 is 0 Å². The van der Waals surface area contributed by atoms with E-state index in [9.17, 15) is 9.18 Å². The van der Waals surface area contributed by atoms with Crippen LogP contribution in [0, 0.1) is 5.82 Å². The van der Waals surface area contributed by atoms with Crippen LogP contribution in [-0.4, -0.2) is 24.0 Å². The van der Waals surface area contributed by atoms with Crippen molar-refractivity contribution in [2.75, 3.05) is 7.11 Å². The Hall–Kier alpha value is -4.46. The van der Waals surface area contributed by atoms with Crippen LogP contribution in [0.25, 0.3) is 10.9 Å². The van der Waals surface area contributed by atoms with Gasteiger partial charge in [-0.1, -0.05) is 37.3 Å². The second-order valence-corrected chi connectivity index (χ2v) is 7.77. The van der Waals surface area contributed by atoms with E-state index >= 15 is 0 Å². The molecule has 0 bridgehead atoms. The molecular weight excluding hydrogens is 447 g/mol. The van der Waals surface area contributed by atoms with Gasteiger partial charge in [0, 0.05) is 23.7 Å². The molecule has 0 aliphatic heterocycles. The fourth-order valence-corrected chi connectivity index (χ4v) is 3.64. The molecule has 3 aromatic carbocycles. The molecule has 0 atom stereocenters. The van der Waals surface area contributed by atoms with E-state index in [4.69, 9.17) is 15.2 Å². The Bertz CT molecular complexity index is 1390. The van der Waals surface area contributed by atoms with Crippen LogP contribution in [0.4, 0.5) is 10.1 Å². The lowest BCUT2D eigenvalue weighted by atomic mass is 10.1. The lowest BCUT2D eigenvalue weighted by Gasteiger charge is -2.13. The number of halogens is 1. The SMILES string of the molecule is CCc1cc2c(Oc3ccc(N=C(N)NC(=O)Cc4ccccc4)cc3F)ccnc2cc1OC. The van der Waals surface area contributed by atoms with Gasteiger partial charge < -0.3 is 15.2 Å². The molecule has 3 N–H and O–H groups in total. The Labute approximate surface area is 202 Å². The third-order valence-corrected chi connectivity index (χ3v) is 5.34. The number of carbonyl (C=O) groups is 1. The maximum absolute atomic E-state index is 14.8. The van der Waals surface area contributed by atoms with Crippen LogP contribution in [0.2, 0.25) is 0 Å². The first-order chi connectivity index (χ1) is 17.0. The van der Waals surface area contributed by atoms with Crippen molar-refractivity contribution in [2.45, 2.75) is 19.8 Å². The first-order valence-electron chi connectivity index (χ1n) is 11.1. The van der Waals surface area contributed by atoms with Crippen molar-refractivity contribution in [2.24, 2.45) is 10.7 Å². The summed E-state index contributed by atoms with van der Waals surface area (Å²) in [6.07, 6.45) is 2.51. The van der Waals surface area contributed by atoms with Crippen molar-refractivity contribution < 1.29 is 18.7 Å². The topological polar surface area (TPSA) is 98.8 Å². The third-order valence-electron chi connectivity index (χ3n) is 5.34. The number of ether oxygens (including phenoxy) is 2. The number of nitrogens with two attached hydrogens (primary N) is 1. The minimum absolute atomic E-state index is 0.0250. The summed E-state index contributed by atoms with van der Waals surface area (Å²) in [5.74, 6) is 0.174. The largest absolute Gasteiger partial charge is 0.496 e. The Kier molecular flexibility index (Phi) is 7.21. The minimum Gasteiger partial charge on any atom is -0.496 e. The zero-order valence-corrected chi connectivity index (χ0v) is 19.4. The number of nitrogens with zero attached hydrogens (tertiary/aromatic N) is 2. The molecular formula is C27H25FN4O3. The summed E-state index contributed by atoms with van der Waals surface area (Å²) in [5.41, 5.74) is 8.59. The molecule has 1 amide bonds. The van der Waals surface area contributed by atoms with Crippen molar-refractivity contribution >= 4 is 28.5 Å². The van der Waals surface area contributed by atoms with Gasteiger partial charge in [-0.2, -0.15) is 0 Å². The normalized spacial score (nSPS) is 11.3. The Morgan fingerprint density at radius 2 is 1.86 bits per heavy atom. The van der Waals surface area contributed by atoms with E-state index in [0.717, 1.165) is 28.7 Å². The standard InChI is InChI=1S/C27H25FN4O3/c1-3-18-14-20-22(16-25(18)34-2)30-12-11-23(20)35-24-10-9-19(15-21(24)28)31-27(29)32-26(33)13-17-7-5-4-6-8-17/h4-12,14-16H,3,13H2,1-2H3,(H3,29,31,32,33). The quantitative estimate of drug-likeness (QED) is 0.290. The molecule has 4 rings (SSSR count). The molecule has 0 aliphatic rings. The number of carbonyl (C=O) groups excluding carboxylic acids is 1. The van der Waals surface area contributed by atoms with Crippen LogP contribution in [-0.2, 0) is 17.6 Å². The maximum atomic E-state index is 14.8. The summed E-state index contributed by atoms with van der Waals surface area (Å²) in [6.45, 7) is 2.02. The van der Waals surface area contributed by atoms with Gasteiger partial charge in [-0.3, -0.25) is 15.1 Å². The highest BCUT2D eigenvalue weighted by Gasteiger charge is 2.13. The van der Waals surface area contributed by atoms with Crippen molar-refractivity contribution in [3.05, 3.63) is 89.9 Å². The van der Waals surface area contributed by atoms with E-state index in [0.29, 0.717) is 11.3 Å². The third kappa shape index (κ3) is 5.73. The number of rotatable bonds is 7. The van der Waals surface area contributed by atoms with Gasteiger partial charge in [0.05, 0.1) is 24.7 Å². The van der Waals surface area contributed by atoms with Gasteiger partial charge in [0.2, 0.25) is 11.9 Å². The zero-order valence-electron chi connectivity index (χ0n) is 19.4. The number of hydrogen-bond donors (Lipinski definition) is 2. The fraction of sp³-hybridized carbons (Fsp3) is 0.148. The van der Waals surface area contributed by atoms with E-state index in [2.05, 4.69) is 15.3 Å². The smallest absolute Gasteiger partial charge is 0.231 e.